The highest BCUT2D eigenvalue weighted by molar-refractivity contribution is 5.67. The van der Waals surface area contributed by atoms with Crippen molar-refractivity contribution < 1.29 is 9.90 Å². The van der Waals surface area contributed by atoms with Gasteiger partial charge in [0, 0.05) is 5.92 Å². The maximum absolute atomic E-state index is 10.2. The van der Waals surface area contributed by atoms with Crippen molar-refractivity contribution >= 4 is 5.97 Å². The maximum atomic E-state index is 10.2. The van der Waals surface area contributed by atoms with Gasteiger partial charge in [-0.3, -0.25) is 4.79 Å². The first-order valence-corrected chi connectivity index (χ1v) is 3.20. The van der Waals surface area contributed by atoms with Crippen molar-refractivity contribution in [3.05, 3.63) is 0 Å². The molecule has 0 aromatic heterocycles. The lowest BCUT2D eigenvalue weighted by atomic mass is 9.97. The Labute approximate surface area is 59.0 Å². The molecule has 1 N–H and O–H groups in total. The summed E-state index contributed by atoms with van der Waals surface area (Å²) in [5.41, 5.74) is -0.390. The number of carboxylic acid groups (broad SMARTS) is 1. The molecule has 0 spiro atoms. The molecule has 0 aliphatic carbocycles. The first-order chi connectivity index (χ1) is 4.54. The minimum absolute atomic E-state index is 0.0185. The fraction of sp³-hybridized carbons (Fsp3) is 0.833. The molecule has 0 amide bonds. The van der Waals surface area contributed by atoms with Crippen LogP contribution in [0.25, 0.3) is 0 Å². The number of rotatable bonds is 3. The third kappa shape index (κ3) is 1.32. The van der Waals surface area contributed by atoms with Gasteiger partial charge in [-0.15, -0.1) is 0 Å². The number of carbonyl (C=O) groups is 1. The summed E-state index contributed by atoms with van der Waals surface area (Å²) in [6, 6.07) is 0. The average molecular weight is 142 g/mol. The third-order valence-electron chi connectivity index (χ3n) is 1.83. The van der Waals surface area contributed by atoms with E-state index in [0.29, 0.717) is 0 Å². The SMILES string of the molecule is CC(CC(=O)O)C1(C)N=N1. The molecular weight excluding hydrogens is 132 g/mol. The van der Waals surface area contributed by atoms with Crippen LogP contribution in [0.4, 0.5) is 0 Å². The Balaban J connectivity index is 2.35. The van der Waals surface area contributed by atoms with E-state index in [2.05, 4.69) is 10.2 Å². The third-order valence-corrected chi connectivity index (χ3v) is 1.83. The number of nitrogens with zero attached hydrogens (tertiary/aromatic N) is 2. The van der Waals surface area contributed by atoms with E-state index in [9.17, 15) is 4.79 Å². The summed E-state index contributed by atoms with van der Waals surface area (Å²) in [6.45, 7) is 3.68. The zero-order valence-electron chi connectivity index (χ0n) is 6.03. The molecule has 1 unspecified atom stereocenters. The highest BCUT2D eigenvalue weighted by atomic mass is 16.4. The highest BCUT2D eigenvalue weighted by Gasteiger charge is 2.41. The van der Waals surface area contributed by atoms with E-state index >= 15 is 0 Å². The molecule has 56 valence electrons. The predicted molar refractivity (Wildman–Crippen MR) is 34.7 cm³/mol. The van der Waals surface area contributed by atoms with Gasteiger partial charge >= 0.3 is 5.97 Å². The van der Waals surface area contributed by atoms with Crippen LogP contribution in [0.5, 0.6) is 0 Å². The fourth-order valence-electron chi connectivity index (χ4n) is 0.731. The lowest BCUT2D eigenvalue weighted by molar-refractivity contribution is -0.138. The number of carboxylic acids is 1. The average Bonchev–Trinajstić information content (AvgIpc) is 2.47. The first-order valence-electron chi connectivity index (χ1n) is 3.20. The highest BCUT2D eigenvalue weighted by Crippen LogP contribution is 2.36. The molecule has 0 bridgehead atoms. The summed E-state index contributed by atoms with van der Waals surface area (Å²) in [5, 5.41) is 15.9. The number of hydrogen-bond donors (Lipinski definition) is 1. The Kier molecular flexibility index (Phi) is 1.46. The van der Waals surface area contributed by atoms with Crippen molar-refractivity contribution in [2.75, 3.05) is 0 Å². The van der Waals surface area contributed by atoms with E-state index < -0.39 is 11.6 Å². The van der Waals surface area contributed by atoms with Crippen molar-refractivity contribution in [3.8, 4) is 0 Å². The first kappa shape index (κ1) is 7.18. The van der Waals surface area contributed by atoms with Crippen molar-refractivity contribution in [3.63, 3.8) is 0 Å². The normalized spacial score (nSPS) is 22.2. The molecule has 1 heterocycles. The molecule has 1 aliphatic rings. The second kappa shape index (κ2) is 2.04. The van der Waals surface area contributed by atoms with E-state index in [1.54, 1.807) is 0 Å². The van der Waals surface area contributed by atoms with E-state index in [1.807, 2.05) is 13.8 Å². The molecule has 0 saturated carbocycles. The molecule has 0 fully saturated rings. The zero-order valence-corrected chi connectivity index (χ0v) is 6.03. The van der Waals surface area contributed by atoms with Crippen molar-refractivity contribution in [2.45, 2.75) is 25.9 Å². The lowest BCUT2D eigenvalue weighted by Crippen LogP contribution is -2.20. The number of aliphatic carboxylic acids is 1. The van der Waals surface area contributed by atoms with E-state index in [0.717, 1.165) is 0 Å². The van der Waals surface area contributed by atoms with Gasteiger partial charge in [0.05, 0.1) is 6.42 Å². The van der Waals surface area contributed by atoms with E-state index in [1.165, 1.54) is 0 Å². The van der Waals surface area contributed by atoms with Gasteiger partial charge in [0.2, 0.25) is 0 Å². The van der Waals surface area contributed by atoms with Gasteiger partial charge in [0.25, 0.3) is 0 Å². The Hall–Kier alpha value is -0.930. The van der Waals surface area contributed by atoms with Crippen LogP contribution < -0.4 is 0 Å². The quantitative estimate of drug-likeness (QED) is 0.645. The molecule has 1 aliphatic heterocycles. The van der Waals surface area contributed by atoms with Gasteiger partial charge in [0.1, 0.15) is 0 Å². The Morgan fingerprint density at radius 3 is 2.50 bits per heavy atom. The van der Waals surface area contributed by atoms with Crippen LogP contribution in [0.3, 0.4) is 0 Å². The molecule has 1 atom stereocenters. The molecule has 4 heteroatoms. The van der Waals surface area contributed by atoms with Gasteiger partial charge in [-0.05, 0) is 6.92 Å². The van der Waals surface area contributed by atoms with Crippen molar-refractivity contribution in [1.29, 1.82) is 0 Å². The summed E-state index contributed by atoms with van der Waals surface area (Å²) in [7, 11) is 0. The Bertz CT molecular complexity index is 182. The maximum Gasteiger partial charge on any atom is 0.303 e. The minimum Gasteiger partial charge on any atom is -0.481 e. The van der Waals surface area contributed by atoms with Crippen LogP contribution in [0.15, 0.2) is 10.2 Å². The Morgan fingerprint density at radius 2 is 2.20 bits per heavy atom. The second-order valence-corrected chi connectivity index (χ2v) is 2.79. The van der Waals surface area contributed by atoms with Crippen LogP contribution in [-0.2, 0) is 4.79 Å². The van der Waals surface area contributed by atoms with Crippen LogP contribution in [0.1, 0.15) is 20.3 Å². The predicted octanol–water partition coefficient (Wildman–Crippen LogP) is 1.28. The molecule has 4 nitrogen and oxygen atoms in total. The molecule has 0 aromatic carbocycles. The minimum atomic E-state index is -0.786. The Morgan fingerprint density at radius 1 is 1.70 bits per heavy atom. The summed E-state index contributed by atoms with van der Waals surface area (Å²) in [4.78, 5) is 10.2. The topological polar surface area (TPSA) is 62.0 Å². The monoisotopic (exact) mass is 142 g/mol. The van der Waals surface area contributed by atoms with Crippen LogP contribution >= 0.6 is 0 Å². The lowest BCUT2D eigenvalue weighted by Gasteiger charge is -2.10. The molecular formula is C6H10N2O2. The van der Waals surface area contributed by atoms with E-state index in [-0.39, 0.29) is 12.3 Å². The zero-order chi connectivity index (χ0) is 7.78. The molecule has 0 saturated heterocycles. The summed E-state index contributed by atoms with van der Waals surface area (Å²) in [6.07, 6.45) is 0.142. The van der Waals surface area contributed by atoms with Gasteiger partial charge in [-0.25, -0.2) is 0 Å². The molecule has 0 aromatic rings. The number of hydrogen-bond acceptors (Lipinski definition) is 3. The summed E-state index contributed by atoms with van der Waals surface area (Å²) < 4.78 is 0. The standard InChI is InChI=1S/C6H10N2O2/c1-4(3-5(9)10)6(2)7-8-6/h4H,3H2,1-2H3,(H,9,10). The van der Waals surface area contributed by atoms with Gasteiger partial charge < -0.3 is 5.11 Å². The van der Waals surface area contributed by atoms with Gasteiger partial charge in [0.15, 0.2) is 5.66 Å². The molecule has 10 heavy (non-hydrogen) atoms. The molecule has 0 radical (unpaired) electrons. The van der Waals surface area contributed by atoms with Gasteiger partial charge in [-0.2, -0.15) is 10.2 Å². The van der Waals surface area contributed by atoms with E-state index in [4.69, 9.17) is 5.11 Å². The van der Waals surface area contributed by atoms with Crippen LogP contribution in [0.2, 0.25) is 0 Å². The second-order valence-electron chi connectivity index (χ2n) is 2.79. The smallest absolute Gasteiger partial charge is 0.303 e. The van der Waals surface area contributed by atoms with Crippen LogP contribution in [0, 0.1) is 5.92 Å². The summed E-state index contributed by atoms with van der Waals surface area (Å²) in [5.74, 6) is -0.768. The molecule has 1 rings (SSSR count). The van der Waals surface area contributed by atoms with Crippen molar-refractivity contribution in [1.82, 2.24) is 0 Å². The van der Waals surface area contributed by atoms with Crippen LogP contribution in [-0.4, -0.2) is 16.7 Å². The largest absolute Gasteiger partial charge is 0.481 e. The fourth-order valence-corrected chi connectivity index (χ4v) is 0.731. The van der Waals surface area contributed by atoms with Crippen molar-refractivity contribution in [2.24, 2.45) is 16.1 Å². The summed E-state index contributed by atoms with van der Waals surface area (Å²) >= 11 is 0. The van der Waals surface area contributed by atoms with Gasteiger partial charge in [-0.1, -0.05) is 6.92 Å².